The Balaban J connectivity index is 2.09. The Morgan fingerprint density at radius 1 is 1.31 bits per heavy atom. The van der Waals surface area contributed by atoms with E-state index in [0.29, 0.717) is 11.8 Å². The molecular weight excluding hydrogens is 162 g/mol. The van der Waals surface area contributed by atoms with E-state index in [1.54, 1.807) is 6.92 Å². The highest BCUT2D eigenvalue weighted by Gasteiger charge is 2.41. The number of rotatable bonds is 1. The van der Waals surface area contributed by atoms with Gasteiger partial charge >= 0.3 is 0 Å². The van der Waals surface area contributed by atoms with Gasteiger partial charge in [-0.15, -0.1) is 0 Å². The number of Topliss-reactive ketones (excluding diaryl/α,β-unsaturated/α-hetero) is 1. The third kappa shape index (κ3) is 1.52. The fourth-order valence-electron chi connectivity index (χ4n) is 3.14. The monoisotopic (exact) mass is 181 g/mol. The number of ketones is 1. The van der Waals surface area contributed by atoms with Gasteiger partial charge in [0.2, 0.25) is 0 Å². The van der Waals surface area contributed by atoms with Gasteiger partial charge in [0.15, 0.2) is 0 Å². The zero-order chi connectivity index (χ0) is 9.42. The maximum Gasteiger partial charge on any atom is 0.146 e. The van der Waals surface area contributed by atoms with E-state index >= 15 is 0 Å². The van der Waals surface area contributed by atoms with Crippen molar-refractivity contribution in [1.29, 1.82) is 0 Å². The second-order valence-electron chi connectivity index (χ2n) is 4.64. The molecule has 0 radical (unpaired) electrons. The van der Waals surface area contributed by atoms with Crippen LogP contribution >= 0.6 is 0 Å². The fraction of sp³-hybridized carbons (Fsp3) is 0.909. The summed E-state index contributed by atoms with van der Waals surface area (Å²) in [6.45, 7) is 1.73. The summed E-state index contributed by atoms with van der Waals surface area (Å²) in [5.74, 6) is 1.17. The van der Waals surface area contributed by atoms with E-state index in [1.165, 1.54) is 25.7 Å². The molecule has 2 fully saturated rings. The highest BCUT2D eigenvalue weighted by molar-refractivity contribution is 5.81. The first-order chi connectivity index (χ1) is 6.20. The van der Waals surface area contributed by atoms with E-state index in [0.717, 1.165) is 12.3 Å². The van der Waals surface area contributed by atoms with Crippen LogP contribution in [-0.2, 0) is 4.79 Å². The van der Waals surface area contributed by atoms with Crippen LogP contribution in [-0.4, -0.2) is 29.8 Å². The number of carbonyl (C=O) groups excluding carboxylic acids is 1. The van der Waals surface area contributed by atoms with Crippen molar-refractivity contribution in [2.75, 3.05) is 7.05 Å². The fourth-order valence-corrected chi connectivity index (χ4v) is 3.14. The number of carbonyl (C=O) groups is 1. The molecule has 1 aliphatic heterocycles. The zero-order valence-electron chi connectivity index (χ0n) is 8.62. The third-order valence-corrected chi connectivity index (χ3v) is 3.88. The molecule has 0 N–H and O–H groups in total. The van der Waals surface area contributed by atoms with Crippen LogP contribution in [0, 0.1) is 5.92 Å². The Morgan fingerprint density at radius 2 is 2.00 bits per heavy atom. The molecule has 1 unspecified atom stereocenters. The number of fused-ring (bicyclic) bond motifs is 1. The van der Waals surface area contributed by atoms with Crippen LogP contribution in [0.2, 0.25) is 0 Å². The summed E-state index contributed by atoms with van der Waals surface area (Å²) in [5, 5.41) is 0. The minimum atomic E-state index is 0.230. The molecule has 1 saturated heterocycles. The average Bonchev–Trinajstić information content (AvgIpc) is 2.45. The molecule has 2 nitrogen and oxygen atoms in total. The van der Waals surface area contributed by atoms with Gasteiger partial charge in [0.05, 0.1) is 6.04 Å². The largest absolute Gasteiger partial charge is 0.298 e. The molecule has 1 heterocycles. The second kappa shape index (κ2) is 3.41. The van der Waals surface area contributed by atoms with Gasteiger partial charge in [0, 0.05) is 6.04 Å². The average molecular weight is 181 g/mol. The Morgan fingerprint density at radius 3 is 2.62 bits per heavy atom. The van der Waals surface area contributed by atoms with Crippen LogP contribution < -0.4 is 0 Å². The Labute approximate surface area is 80.3 Å². The topological polar surface area (TPSA) is 20.3 Å². The van der Waals surface area contributed by atoms with Crippen molar-refractivity contribution in [3.63, 3.8) is 0 Å². The van der Waals surface area contributed by atoms with Crippen LogP contribution in [0.5, 0.6) is 0 Å². The van der Waals surface area contributed by atoms with Crippen molar-refractivity contribution in [3.8, 4) is 0 Å². The maximum atomic E-state index is 11.4. The summed E-state index contributed by atoms with van der Waals surface area (Å²) in [6, 6.07) is 0.941. The molecule has 1 saturated carbocycles. The first kappa shape index (κ1) is 9.20. The number of nitrogens with zero attached hydrogens (tertiary/aromatic N) is 1. The van der Waals surface area contributed by atoms with Crippen molar-refractivity contribution in [1.82, 2.24) is 4.90 Å². The van der Waals surface area contributed by atoms with Crippen LogP contribution in [0.25, 0.3) is 0 Å². The van der Waals surface area contributed by atoms with E-state index in [1.807, 2.05) is 0 Å². The normalized spacial score (nSPS) is 40.3. The van der Waals surface area contributed by atoms with E-state index in [2.05, 4.69) is 11.9 Å². The van der Waals surface area contributed by atoms with Crippen LogP contribution in [0.15, 0.2) is 0 Å². The quantitative estimate of drug-likeness (QED) is 0.615. The summed E-state index contributed by atoms with van der Waals surface area (Å²) < 4.78 is 0. The maximum absolute atomic E-state index is 11.4. The summed E-state index contributed by atoms with van der Waals surface area (Å²) >= 11 is 0. The second-order valence-corrected chi connectivity index (χ2v) is 4.64. The molecule has 0 aromatic carbocycles. The molecule has 74 valence electrons. The highest BCUT2D eigenvalue weighted by atomic mass is 16.1. The minimum Gasteiger partial charge on any atom is -0.298 e. The molecule has 0 aromatic rings. The van der Waals surface area contributed by atoms with Gasteiger partial charge in [0.1, 0.15) is 5.78 Å². The van der Waals surface area contributed by atoms with E-state index in [-0.39, 0.29) is 6.04 Å². The molecule has 0 bridgehead atoms. The van der Waals surface area contributed by atoms with E-state index in [9.17, 15) is 4.79 Å². The lowest BCUT2D eigenvalue weighted by Crippen LogP contribution is -2.38. The van der Waals surface area contributed by atoms with Crippen molar-refractivity contribution in [2.24, 2.45) is 5.92 Å². The Hall–Kier alpha value is -0.370. The van der Waals surface area contributed by atoms with Gasteiger partial charge in [-0.2, -0.15) is 0 Å². The molecule has 1 aliphatic carbocycles. The lowest BCUT2D eigenvalue weighted by Gasteiger charge is -2.30. The van der Waals surface area contributed by atoms with Crippen molar-refractivity contribution in [2.45, 2.75) is 51.1 Å². The van der Waals surface area contributed by atoms with Gasteiger partial charge in [-0.3, -0.25) is 9.69 Å². The standard InChI is InChI=1S/C11H19NO/c1-8(13)11-7-9-5-3-4-6-10(9)12(11)2/h9-11H,3-7H2,1-2H3/t9?,10-,11-/m0/s1. The molecule has 2 rings (SSSR count). The van der Waals surface area contributed by atoms with Crippen molar-refractivity contribution in [3.05, 3.63) is 0 Å². The van der Waals surface area contributed by atoms with Gasteiger partial charge < -0.3 is 0 Å². The van der Waals surface area contributed by atoms with Gasteiger partial charge in [-0.05, 0) is 39.2 Å². The molecule has 3 atom stereocenters. The first-order valence-corrected chi connectivity index (χ1v) is 5.42. The van der Waals surface area contributed by atoms with Crippen molar-refractivity contribution >= 4 is 5.78 Å². The summed E-state index contributed by atoms with van der Waals surface area (Å²) in [4.78, 5) is 13.7. The van der Waals surface area contributed by atoms with Gasteiger partial charge in [-0.25, -0.2) is 0 Å². The number of likely N-dealkylation sites (N-methyl/N-ethyl adjacent to an activating group) is 1. The van der Waals surface area contributed by atoms with E-state index in [4.69, 9.17) is 0 Å². The smallest absolute Gasteiger partial charge is 0.146 e. The summed E-state index contributed by atoms with van der Waals surface area (Å²) in [7, 11) is 2.13. The number of likely N-dealkylation sites (tertiary alicyclic amines) is 1. The van der Waals surface area contributed by atoms with Crippen LogP contribution in [0.1, 0.15) is 39.0 Å². The van der Waals surface area contributed by atoms with Crippen molar-refractivity contribution < 1.29 is 4.79 Å². The molecule has 0 spiro atoms. The molecule has 2 heteroatoms. The Bertz CT molecular complexity index is 214. The lowest BCUT2D eigenvalue weighted by molar-refractivity contribution is -0.121. The van der Waals surface area contributed by atoms with Gasteiger partial charge in [0.25, 0.3) is 0 Å². The third-order valence-electron chi connectivity index (χ3n) is 3.88. The number of hydrogen-bond acceptors (Lipinski definition) is 2. The number of hydrogen-bond donors (Lipinski definition) is 0. The highest BCUT2D eigenvalue weighted by Crippen LogP contribution is 2.38. The lowest BCUT2D eigenvalue weighted by atomic mass is 9.84. The molecule has 0 aromatic heterocycles. The SMILES string of the molecule is CC(=O)[C@@H]1CC2CCCC[C@@H]2N1C. The first-order valence-electron chi connectivity index (χ1n) is 5.42. The predicted molar refractivity (Wildman–Crippen MR) is 52.6 cm³/mol. The molecular formula is C11H19NO. The van der Waals surface area contributed by atoms with Gasteiger partial charge in [-0.1, -0.05) is 12.8 Å². The summed E-state index contributed by atoms with van der Waals surface area (Å²) in [6.07, 6.45) is 6.51. The summed E-state index contributed by atoms with van der Waals surface area (Å²) in [5.41, 5.74) is 0. The molecule has 0 amide bonds. The van der Waals surface area contributed by atoms with Crippen LogP contribution in [0.3, 0.4) is 0 Å². The molecule has 2 aliphatic rings. The van der Waals surface area contributed by atoms with Crippen LogP contribution in [0.4, 0.5) is 0 Å². The Kier molecular flexibility index (Phi) is 2.41. The zero-order valence-corrected chi connectivity index (χ0v) is 8.62. The molecule has 13 heavy (non-hydrogen) atoms. The predicted octanol–water partition coefficient (Wildman–Crippen LogP) is 1.84. The van der Waals surface area contributed by atoms with E-state index < -0.39 is 0 Å². The minimum absolute atomic E-state index is 0.230.